The molecule has 20 heavy (non-hydrogen) atoms. The van der Waals surface area contributed by atoms with Crippen LogP contribution in [-0.4, -0.2) is 15.1 Å². The van der Waals surface area contributed by atoms with Crippen molar-refractivity contribution < 1.29 is 5.11 Å². The lowest BCUT2D eigenvalue weighted by atomic mass is 10.3. The van der Waals surface area contributed by atoms with Crippen LogP contribution in [-0.2, 0) is 0 Å². The monoisotopic (exact) mass is 306 g/mol. The van der Waals surface area contributed by atoms with Crippen molar-refractivity contribution in [2.24, 2.45) is 5.14 Å². The van der Waals surface area contributed by atoms with E-state index in [4.69, 9.17) is 16.7 Å². The first-order chi connectivity index (χ1) is 9.65. The van der Waals surface area contributed by atoms with Gasteiger partial charge in [0.1, 0.15) is 5.75 Å². The Balaban J connectivity index is 1.96. The van der Waals surface area contributed by atoms with Crippen molar-refractivity contribution in [1.29, 1.82) is 0 Å². The molecule has 3 rings (SSSR count). The Bertz CT molecular complexity index is 774. The molecular weight excluding hydrogens is 296 g/mol. The lowest BCUT2D eigenvalue weighted by molar-refractivity contribution is 0.477. The molecule has 0 spiro atoms. The second kappa shape index (κ2) is 5.24. The van der Waals surface area contributed by atoms with Crippen molar-refractivity contribution in [3.63, 3.8) is 0 Å². The van der Waals surface area contributed by atoms with Crippen LogP contribution in [0.25, 0.3) is 11.0 Å². The number of hydrogen-bond acceptors (Lipinski definition) is 5. The number of benzene rings is 2. The molecule has 0 aliphatic rings. The molecule has 7 heteroatoms. The van der Waals surface area contributed by atoms with E-state index in [9.17, 15) is 5.11 Å². The summed E-state index contributed by atoms with van der Waals surface area (Å²) in [7, 11) is 0. The van der Waals surface area contributed by atoms with Gasteiger partial charge in [-0.05, 0) is 48.3 Å². The van der Waals surface area contributed by atoms with E-state index in [1.165, 1.54) is 18.0 Å². The third kappa shape index (κ3) is 2.53. The van der Waals surface area contributed by atoms with Gasteiger partial charge in [-0.1, -0.05) is 11.6 Å². The van der Waals surface area contributed by atoms with Crippen LogP contribution in [0, 0.1) is 0 Å². The minimum absolute atomic E-state index is 0.105. The third-order valence-corrected chi connectivity index (χ3v) is 3.56. The Morgan fingerprint density at radius 3 is 2.90 bits per heavy atom. The zero-order chi connectivity index (χ0) is 14.1. The molecule has 2 aromatic carbocycles. The number of H-pyrrole nitrogens is 1. The fourth-order valence-corrected chi connectivity index (χ4v) is 2.36. The van der Waals surface area contributed by atoms with E-state index in [-0.39, 0.29) is 5.75 Å². The van der Waals surface area contributed by atoms with Gasteiger partial charge >= 0.3 is 0 Å². The van der Waals surface area contributed by atoms with E-state index in [1.807, 2.05) is 18.2 Å². The van der Waals surface area contributed by atoms with E-state index in [2.05, 4.69) is 15.3 Å². The molecule has 0 fully saturated rings. The number of fused-ring (bicyclic) bond motifs is 1. The van der Waals surface area contributed by atoms with Crippen molar-refractivity contribution in [1.82, 2.24) is 9.97 Å². The maximum absolute atomic E-state index is 9.77. The van der Waals surface area contributed by atoms with Gasteiger partial charge in [0, 0.05) is 9.92 Å². The van der Waals surface area contributed by atoms with Gasteiger partial charge in [-0.2, -0.15) is 0 Å². The van der Waals surface area contributed by atoms with Crippen molar-refractivity contribution in [2.75, 3.05) is 5.32 Å². The number of rotatable bonds is 3. The third-order valence-electron chi connectivity index (χ3n) is 2.80. The molecule has 0 saturated heterocycles. The lowest BCUT2D eigenvalue weighted by Gasteiger charge is -2.05. The van der Waals surface area contributed by atoms with Gasteiger partial charge in [0.15, 0.2) is 0 Å². The van der Waals surface area contributed by atoms with Crippen LogP contribution >= 0.6 is 23.5 Å². The van der Waals surface area contributed by atoms with Gasteiger partial charge in [0.2, 0.25) is 5.95 Å². The summed E-state index contributed by atoms with van der Waals surface area (Å²) in [5.41, 5.74) is 2.17. The van der Waals surface area contributed by atoms with Gasteiger partial charge in [0.25, 0.3) is 0 Å². The number of nitrogens with two attached hydrogens (primary N) is 1. The van der Waals surface area contributed by atoms with Crippen molar-refractivity contribution >= 4 is 46.2 Å². The van der Waals surface area contributed by atoms with Crippen LogP contribution in [0.1, 0.15) is 0 Å². The highest BCUT2D eigenvalue weighted by Gasteiger charge is 2.07. The molecule has 5 nitrogen and oxygen atoms in total. The maximum atomic E-state index is 9.77. The number of imidazole rings is 1. The van der Waals surface area contributed by atoms with Crippen LogP contribution in [0.4, 0.5) is 11.6 Å². The Morgan fingerprint density at radius 2 is 2.10 bits per heavy atom. The summed E-state index contributed by atoms with van der Waals surface area (Å²) in [6, 6.07) is 10.5. The number of hydrogen-bond donors (Lipinski definition) is 4. The van der Waals surface area contributed by atoms with Gasteiger partial charge < -0.3 is 15.4 Å². The average molecular weight is 307 g/mol. The highest BCUT2D eigenvalue weighted by atomic mass is 35.5. The van der Waals surface area contributed by atoms with Crippen LogP contribution in [0.15, 0.2) is 41.3 Å². The second-order valence-electron chi connectivity index (χ2n) is 4.17. The summed E-state index contributed by atoms with van der Waals surface area (Å²) in [6.07, 6.45) is 0. The summed E-state index contributed by atoms with van der Waals surface area (Å²) < 4.78 is 0. The first kappa shape index (κ1) is 13.1. The number of phenolic OH excluding ortho intramolecular Hbond substituents is 1. The predicted molar refractivity (Wildman–Crippen MR) is 82.5 cm³/mol. The molecule has 0 saturated carbocycles. The predicted octanol–water partition coefficient (Wildman–Crippen LogP) is 3.63. The molecule has 102 valence electrons. The number of aromatic hydroxyl groups is 1. The Morgan fingerprint density at radius 1 is 1.25 bits per heavy atom. The normalized spacial score (nSPS) is 10.9. The topological polar surface area (TPSA) is 87.0 Å². The molecule has 0 atom stereocenters. The minimum Gasteiger partial charge on any atom is -0.506 e. The molecule has 0 aliphatic heterocycles. The number of aromatic nitrogens is 2. The first-order valence-electron chi connectivity index (χ1n) is 5.78. The van der Waals surface area contributed by atoms with Crippen LogP contribution in [0.5, 0.6) is 5.75 Å². The standard InChI is InChI=1S/C13H11ClN4OS/c14-7-1-4-12(19)11(5-7)18-13-16-9-3-2-8(20-15)6-10(9)17-13/h1-6,19H,15H2,(H2,16,17,18). The molecule has 0 radical (unpaired) electrons. The van der Waals surface area contributed by atoms with Crippen LogP contribution < -0.4 is 10.5 Å². The van der Waals surface area contributed by atoms with E-state index in [1.54, 1.807) is 12.1 Å². The van der Waals surface area contributed by atoms with E-state index < -0.39 is 0 Å². The summed E-state index contributed by atoms with van der Waals surface area (Å²) in [4.78, 5) is 8.45. The molecule has 1 heterocycles. The van der Waals surface area contributed by atoms with E-state index in [0.29, 0.717) is 16.7 Å². The molecule has 1 aromatic heterocycles. The molecular formula is C13H11ClN4OS. The summed E-state index contributed by atoms with van der Waals surface area (Å²) in [5.74, 6) is 0.629. The molecule has 0 unspecified atom stereocenters. The first-order valence-corrected chi connectivity index (χ1v) is 7.03. The minimum atomic E-state index is 0.105. The number of nitrogens with one attached hydrogen (secondary N) is 2. The van der Waals surface area contributed by atoms with Gasteiger partial charge in [-0.3, -0.25) is 5.14 Å². The van der Waals surface area contributed by atoms with Crippen molar-refractivity contribution in [3.05, 3.63) is 41.4 Å². The highest BCUT2D eigenvalue weighted by Crippen LogP contribution is 2.29. The SMILES string of the molecule is NSc1ccc2nc(Nc3cc(Cl)ccc3O)[nH]c2c1. The highest BCUT2D eigenvalue weighted by molar-refractivity contribution is 7.97. The molecule has 5 N–H and O–H groups in total. The Kier molecular flexibility index (Phi) is 3.43. The molecule has 3 aromatic rings. The molecule has 0 amide bonds. The summed E-state index contributed by atoms with van der Waals surface area (Å²) >= 11 is 7.08. The molecule has 0 bridgehead atoms. The van der Waals surface area contributed by atoms with E-state index in [0.717, 1.165) is 15.9 Å². The molecule has 0 aliphatic carbocycles. The number of nitrogens with zero attached hydrogens (tertiary/aromatic N) is 1. The van der Waals surface area contributed by atoms with Crippen molar-refractivity contribution in [2.45, 2.75) is 4.90 Å². The van der Waals surface area contributed by atoms with Gasteiger partial charge in [-0.25, -0.2) is 4.98 Å². The number of anilines is 2. The van der Waals surface area contributed by atoms with E-state index >= 15 is 0 Å². The fourth-order valence-electron chi connectivity index (χ4n) is 1.86. The zero-order valence-electron chi connectivity index (χ0n) is 10.2. The van der Waals surface area contributed by atoms with Gasteiger partial charge in [0.05, 0.1) is 16.7 Å². The Hall–Kier alpha value is -1.89. The van der Waals surface area contributed by atoms with Gasteiger partial charge in [-0.15, -0.1) is 0 Å². The van der Waals surface area contributed by atoms with Crippen LogP contribution in [0.2, 0.25) is 5.02 Å². The fraction of sp³-hybridized carbons (Fsp3) is 0. The summed E-state index contributed by atoms with van der Waals surface area (Å²) in [6.45, 7) is 0. The smallest absolute Gasteiger partial charge is 0.205 e. The number of halogens is 1. The average Bonchev–Trinajstić information content (AvgIpc) is 2.84. The maximum Gasteiger partial charge on any atom is 0.205 e. The quantitative estimate of drug-likeness (QED) is 0.438. The van der Waals surface area contributed by atoms with Crippen LogP contribution in [0.3, 0.4) is 0 Å². The zero-order valence-corrected chi connectivity index (χ0v) is 11.8. The summed E-state index contributed by atoms with van der Waals surface area (Å²) in [5, 5.41) is 18.8. The Labute approximate surface area is 124 Å². The number of aromatic amines is 1. The van der Waals surface area contributed by atoms with Crippen molar-refractivity contribution in [3.8, 4) is 5.75 Å². The lowest BCUT2D eigenvalue weighted by Crippen LogP contribution is -1.92. The largest absolute Gasteiger partial charge is 0.506 e. The number of phenols is 1. The second-order valence-corrected chi connectivity index (χ2v) is 5.31.